The van der Waals surface area contributed by atoms with Crippen LogP contribution >= 0.6 is 0 Å². The highest BCUT2D eigenvalue weighted by atomic mass is 16.5. The molecule has 2 aliphatic rings. The Morgan fingerprint density at radius 1 is 1.18 bits per heavy atom. The summed E-state index contributed by atoms with van der Waals surface area (Å²) in [6, 6.07) is 7.43. The van der Waals surface area contributed by atoms with Gasteiger partial charge in [-0.25, -0.2) is 4.98 Å². The minimum absolute atomic E-state index is 0.227. The molecule has 1 aromatic carbocycles. The molecule has 174 valence electrons. The highest BCUT2D eigenvalue weighted by molar-refractivity contribution is 6.03. The predicted molar refractivity (Wildman–Crippen MR) is 126 cm³/mol. The Morgan fingerprint density at radius 2 is 2.00 bits per heavy atom. The summed E-state index contributed by atoms with van der Waals surface area (Å²) in [5.41, 5.74) is 3.02. The molecule has 0 spiro atoms. The summed E-state index contributed by atoms with van der Waals surface area (Å²) >= 11 is 0. The number of carbonyl (C=O) groups excluding carboxylic acids is 2. The van der Waals surface area contributed by atoms with Crippen LogP contribution in [-0.4, -0.2) is 44.8 Å². The maximum atomic E-state index is 12.4. The summed E-state index contributed by atoms with van der Waals surface area (Å²) < 4.78 is 7.35. The van der Waals surface area contributed by atoms with Gasteiger partial charge in [0.1, 0.15) is 11.4 Å². The second-order valence-electron chi connectivity index (χ2n) is 7.98. The van der Waals surface area contributed by atoms with E-state index in [2.05, 4.69) is 42.9 Å². The number of hydrogen-bond acceptors (Lipinski definition) is 8. The van der Waals surface area contributed by atoms with Gasteiger partial charge >= 0.3 is 0 Å². The van der Waals surface area contributed by atoms with Crippen LogP contribution in [0.2, 0.25) is 0 Å². The van der Waals surface area contributed by atoms with Crippen LogP contribution in [-0.2, 0) is 16.1 Å². The van der Waals surface area contributed by atoms with Gasteiger partial charge in [0.15, 0.2) is 0 Å². The van der Waals surface area contributed by atoms with E-state index in [9.17, 15) is 9.59 Å². The number of benzene rings is 1. The summed E-state index contributed by atoms with van der Waals surface area (Å²) in [6.45, 7) is 5.22. The van der Waals surface area contributed by atoms with Crippen molar-refractivity contribution in [3.8, 4) is 0 Å². The number of anilines is 5. The van der Waals surface area contributed by atoms with Crippen LogP contribution < -0.4 is 21.3 Å². The molecule has 3 aromatic rings. The summed E-state index contributed by atoms with van der Waals surface area (Å²) in [5, 5.41) is 16.4. The molecule has 2 amide bonds. The molecular weight excluding hydrogens is 436 g/mol. The Labute approximate surface area is 195 Å². The number of ether oxygens (including phenoxy) is 1. The van der Waals surface area contributed by atoms with Gasteiger partial charge in [0.2, 0.25) is 11.9 Å². The van der Waals surface area contributed by atoms with Gasteiger partial charge in [0.05, 0.1) is 30.2 Å². The third-order valence-electron chi connectivity index (χ3n) is 5.63. The van der Waals surface area contributed by atoms with E-state index in [4.69, 9.17) is 4.74 Å². The molecule has 5 rings (SSSR count). The quantitative estimate of drug-likeness (QED) is 0.395. The Bertz CT molecular complexity index is 1250. The third-order valence-corrected chi connectivity index (χ3v) is 5.63. The minimum atomic E-state index is -0.302. The third kappa shape index (κ3) is 4.59. The van der Waals surface area contributed by atoms with E-state index in [1.807, 2.05) is 16.9 Å². The smallest absolute Gasteiger partial charge is 0.257 e. The van der Waals surface area contributed by atoms with Crippen LogP contribution in [0, 0.1) is 0 Å². The van der Waals surface area contributed by atoms with Crippen molar-refractivity contribution in [2.75, 3.05) is 29.2 Å². The van der Waals surface area contributed by atoms with E-state index in [0.29, 0.717) is 40.9 Å². The highest BCUT2D eigenvalue weighted by Crippen LogP contribution is 2.28. The van der Waals surface area contributed by atoms with E-state index in [-0.39, 0.29) is 17.9 Å². The number of nitrogens with zero attached hydrogens (tertiary/aromatic N) is 4. The zero-order chi connectivity index (χ0) is 23.5. The van der Waals surface area contributed by atoms with Gasteiger partial charge in [0, 0.05) is 30.8 Å². The first-order chi connectivity index (χ1) is 16.6. The van der Waals surface area contributed by atoms with Crippen LogP contribution in [0.4, 0.5) is 28.8 Å². The van der Waals surface area contributed by atoms with E-state index >= 15 is 0 Å². The Morgan fingerprint density at radius 3 is 2.82 bits per heavy atom. The molecule has 2 aromatic heterocycles. The van der Waals surface area contributed by atoms with Gasteiger partial charge in [-0.1, -0.05) is 12.6 Å². The first kappa shape index (κ1) is 21.6. The number of hydrogen-bond donors (Lipinski definition) is 4. The largest absolute Gasteiger partial charge is 0.381 e. The summed E-state index contributed by atoms with van der Waals surface area (Å²) in [5.74, 6) is 0.185. The molecule has 34 heavy (non-hydrogen) atoms. The lowest BCUT2D eigenvalue weighted by atomic mass is 10.1. The van der Waals surface area contributed by atoms with Gasteiger partial charge < -0.3 is 26.0 Å². The summed E-state index contributed by atoms with van der Waals surface area (Å²) in [6.07, 6.45) is 6.65. The molecule has 0 bridgehead atoms. The highest BCUT2D eigenvalue weighted by Gasteiger charge is 2.27. The molecule has 1 saturated heterocycles. The number of nitrogens with one attached hydrogen (secondary N) is 4. The van der Waals surface area contributed by atoms with Crippen molar-refractivity contribution in [2.45, 2.75) is 25.4 Å². The van der Waals surface area contributed by atoms with Crippen LogP contribution in [0.25, 0.3) is 0 Å². The van der Waals surface area contributed by atoms with Crippen molar-refractivity contribution < 1.29 is 14.3 Å². The molecule has 0 saturated carbocycles. The van der Waals surface area contributed by atoms with Gasteiger partial charge in [-0.2, -0.15) is 10.1 Å². The van der Waals surface area contributed by atoms with Crippen molar-refractivity contribution in [2.24, 2.45) is 0 Å². The molecule has 4 heterocycles. The second kappa shape index (κ2) is 9.32. The summed E-state index contributed by atoms with van der Waals surface area (Å²) in [7, 11) is 0. The van der Waals surface area contributed by atoms with Crippen LogP contribution in [0.15, 0.2) is 49.3 Å². The molecule has 11 nitrogen and oxygen atoms in total. The van der Waals surface area contributed by atoms with Gasteiger partial charge in [-0.15, -0.1) is 0 Å². The molecule has 11 heteroatoms. The maximum Gasteiger partial charge on any atom is 0.257 e. The lowest BCUT2D eigenvalue weighted by Gasteiger charge is -2.22. The summed E-state index contributed by atoms with van der Waals surface area (Å²) in [4.78, 5) is 33.1. The lowest BCUT2D eigenvalue weighted by Crippen LogP contribution is -2.19. The monoisotopic (exact) mass is 460 g/mol. The van der Waals surface area contributed by atoms with E-state index in [1.165, 1.54) is 6.08 Å². The van der Waals surface area contributed by atoms with Crippen molar-refractivity contribution in [3.63, 3.8) is 0 Å². The molecule has 0 radical (unpaired) electrons. The number of rotatable bonds is 7. The fraction of sp³-hybridized carbons (Fsp3) is 0.261. The maximum absolute atomic E-state index is 12.4. The zero-order valence-corrected chi connectivity index (χ0v) is 18.4. The van der Waals surface area contributed by atoms with Gasteiger partial charge in [-0.3, -0.25) is 14.3 Å². The number of carbonyl (C=O) groups is 2. The molecule has 0 atom stereocenters. The molecule has 0 unspecified atom stereocenters. The normalized spacial score (nSPS) is 15.4. The Balaban J connectivity index is 1.39. The number of aromatic nitrogens is 4. The SMILES string of the molecule is C=CC(=O)Nc1cccc(Nc2nc3c(c(Nc4cnn(C5CCOCC5)c4)n2)C(=O)NC3)c1. The molecule has 1 fully saturated rings. The molecule has 2 aliphatic heterocycles. The average Bonchev–Trinajstić information content (AvgIpc) is 3.46. The lowest BCUT2D eigenvalue weighted by molar-refractivity contribution is -0.111. The van der Waals surface area contributed by atoms with Crippen molar-refractivity contribution in [1.82, 2.24) is 25.1 Å². The zero-order valence-electron chi connectivity index (χ0n) is 18.4. The van der Waals surface area contributed by atoms with Crippen molar-refractivity contribution in [1.29, 1.82) is 0 Å². The topological polar surface area (TPSA) is 135 Å². The van der Waals surface area contributed by atoms with E-state index in [1.54, 1.807) is 24.4 Å². The van der Waals surface area contributed by atoms with E-state index in [0.717, 1.165) is 31.7 Å². The Hall–Kier alpha value is -4.25. The predicted octanol–water partition coefficient (Wildman–Crippen LogP) is 2.88. The first-order valence-corrected chi connectivity index (χ1v) is 11.0. The van der Waals surface area contributed by atoms with Crippen molar-refractivity contribution >= 4 is 40.6 Å². The number of amides is 2. The van der Waals surface area contributed by atoms with Gasteiger partial charge in [-0.05, 0) is 37.1 Å². The average molecular weight is 460 g/mol. The van der Waals surface area contributed by atoms with E-state index < -0.39 is 0 Å². The van der Waals surface area contributed by atoms with Crippen LogP contribution in [0.5, 0.6) is 0 Å². The molecular formula is C23H24N8O3. The van der Waals surface area contributed by atoms with Crippen molar-refractivity contribution in [3.05, 3.63) is 60.6 Å². The second-order valence-corrected chi connectivity index (χ2v) is 7.98. The fourth-order valence-corrected chi connectivity index (χ4v) is 3.96. The van der Waals surface area contributed by atoms with Gasteiger partial charge in [0.25, 0.3) is 5.91 Å². The number of fused-ring (bicyclic) bond motifs is 1. The standard InChI is InChI=1S/C23H24N8O3/c1-2-19(32)26-14-4-3-5-15(10-14)28-23-29-18-12-24-22(33)20(18)21(30-23)27-16-11-25-31(13-16)17-6-8-34-9-7-17/h2-5,10-11,13,17H,1,6-9,12H2,(H,24,33)(H,26,32)(H2,27,28,29,30). The minimum Gasteiger partial charge on any atom is -0.381 e. The fourth-order valence-electron chi connectivity index (χ4n) is 3.96. The van der Waals surface area contributed by atoms with Crippen LogP contribution in [0.3, 0.4) is 0 Å². The van der Waals surface area contributed by atoms with Crippen LogP contribution in [0.1, 0.15) is 34.9 Å². The molecule has 0 aliphatic carbocycles. The Kier molecular flexibility index (Phi) is 5.91. The molecule has 4 N–H and O–H groups in total. The first-order valence-electron chi connectivity index (χ1n) is 11.0.